The van der Waals surface area contributed by atoms with E-state index in [0.29, 0.717) is 18.0 Å². The molecule has 0 aliphatic heterocycles. The van der Waals surface area contributed by atoms with Crippen molar-refractivity contribution < 1.29 is 4.79 Å². The second-order valence-electron chi connectivity index (χ2n) is 6.92. The Morgan fingerprint density at radius 1 is 1.21 bits per heavy atom. The maximum absolute atomic E-state index is 13.2. The van der Waals surface area contributed by atoms with Crippen LogP contribution in [0.3, 0.4) is 0 Å². The maximum Gasteiger partial charge on any atom is 0.233 e. The molecule has 0 spiro atoms. The molecule has 0 aliphatic rings. The Morgan fingerprint density at radius 2 is 2.03 bits per heavy atom. The Kier molecular flexibility index (Phi) is 5.92. The van der Waals surface area contributed by atoms with Crippen LogP contribution >= 0.6 is 22.9 Å². The summed E-state index contributed by atoms with van der Waals surface area (Å²) in [4.78, 5) is 23.9. The summed E-state index contributed by atoms with van der Waals surface area (Å²) in [7, 11) is 0. The summed E-state index contributed by atoms with van der Waals surface area (Å²) in [6.07, 6.45) is 6.62. The lowest BCUT2D eigenvalue weighted by molar-refractivity contribution is -0.118. The van der Waals surface area contributed by atoms with E-state index in [0.717, 1.165) is 39.4 Å². The molecule has 7 heteroatoms. The fourth-order valence-corrected chi connectivity index (χ4v) is 4.43. The molecule has 0 atom stereocenters. The van der Waals surface area contributed by atoms with Gasteiger partial charge in [0.15, 0.2) is 5.13 Å². The van der Waals surface area contributed by atoms with Gasteiger partial charge in [-0.15, -0.1) is 0 Å². The zero-order valence-corrected chi connectivity index (χ0v) is 17.7. The minimum absolute atomic E-state index is 0.0367. The molecule has 0 radical (unpaired) electrons. The average molecular weight is 425 g/mol. The normalized spacial score (nSPS) is 11.1. The standard InChI is InChI=1S/C22H21ClN4OS/c1-16-4-2-5-19-21(16)25-22(29-19)27(12-3-11-26-13-10-24-15-26)20(28)14-17-6-8-18(23)9-7-17/h2,4-10,13,15H,3,11-12,14H2,1H3. The molecule has 4 aromatic rings. The lowest BCUT2D eigenvalue weighted by Crippen LogP contribution is -2.33. The molecule has 0 saturated carbocycles. The van der Waals surface area contributed by atoms with Crippen LogP contribution in [0, 0.1) is 6.92 Å². The molecule has 0 unspecified atom stereocenters. The minimum Gasteiger partial charge on any atom is -0.337 e. The van der Waals surface area contributed by atoms with Crippen molar-refractivity contribution in [2.24, 2.45) is 0 Å². The number of hydrogen-bond acceptors (Lipinski definition) is 4. The van der Waals surface area contributed by atoms with Gasteiger partial charge in [-0.25, -0.2) is 9.97 Å². The number of hydrogen-bond donors (Lipinski definition) is 0. The van der Waals surface area contributed by atoms with E-state index >= 15 is 0 Å². The molecule has 29 heavy (non-hydrogen) atoms. The highest BCUT2D eigenvalue weighted by Gasteiger charge is 2.20. The predicted octanol–water partition coefficient (Wildman–Crippen LogP) is 5.12. The zero-order valence-electron chi connectivity index (χ0n) is 16.1. The number of nitrogens with zero attached hydrogens (tertiary/aromatic N) is 4. The Balaban J connectivity index is 1.57. The van der Waals surface area contributed by atoms with Gasteiger partial charge in [-0.05, 0) is 42.7 Å². The monoisotopic (exact) mass is 424 g/mol. The number of thiazole rings is 1. The highest BCUT2D eigenvalue weighted by Crippen LogP contribution is 2.31. The number of para-hydroxylation sites is 1. The van der Waals surface area contributed by atoms with Crippen molar-refractivity contribution in [3.63, 3.8) is 0 Å². The Bertz CT molecular complexity index is 1110. The number of fused-ring (bicyclic) bond motifs is 1. The SMILES string of the molecule is Cc1cccc2sc(N(CCCn3ccnc3)C(=O)Cc3ccc(Cl)cc3)nc12. The smallest absolute Gasteiger partial charge is 0.233 e. The van der Waals surface area contributed by atoms with Crippen LogP contribution in [0.2, 0.25) is 5.02 Å². The third-order valence-electron chi connectivity index (χ3n) is 4.77. The first-order valence-electron chi connectivity index (χ1n) is 9.47. The van der Waals surface area contributed by atoms with Crippen LogP contribution in [0.5, 0.6) is 0 Å². The molecule has 0 aliphatic carbocycles. The van der Waals surface area contributed by atoms with Crippen LogP contribution in [0.4, 0.5) is 5.13 Å². The number of anilines is 1. The maximum atomic E-state index is 13.2. The first kappa shape index (κ1) is 19.6. The number of carbonyl (C=O) groups excluding carboxylic acids is 1. The number of aryl methyl sites for hydroxylation is 2. The fraction of sp³-hybridized carbons (Fsp3) is 0.227. The number of halogens is 1. The van der Waals surface area contributed by atoms with Crippen molar-refractivity contribution in [3.8, 4) is 0 Å². The highest BCUT2D eigenvalue weighted by atomic mass is 35.5. The molecule has 1 amide bonds. The molecular weight excluding hydrogens is 404 g/mol. The quantitative estimate of drug-likeness (QED) is 0.413. The van der Waals surface area contributed by atoms with Gasteiger partial charge in [0, 0.05) is 30.5 Å². The third kappa shape index (κ3) is 4.66. The van der Waals surface area contributed by atoms with E-state index in [9.17, 15) is 4.79 Å². The molecule has 5 nitrogen and oxygen atoms in total. The summed E-state index contributed by atoms with van der Waals surface area (Å²) in [5, 5.41) is 1.42. The van der Waals surface area contributed by atoms with E-state index in [1.165, 1.54) is 0 Å². The molecule has 0 bridgehead atoms. The second kappa shape index (κ2) is 8.76. The number of benzene rings is 2. The Labute approximate surface area is 178 Å². The molecule has 2 aromatic heterocycles. The summed E-state index contributed by atoms with van der Waals surface area (Å²) >= 11 is 7.54. The van der Waals surface area contributed by atoms with Crippen molar-refractivity contribution in [2.45, 2.75) is 26.3 Å². The van der Waals surface area contributed by atoms with Gasteiger partial charge in [0.2, 0.25) is 5.91 Å². The molecule has 148 valence electrons. The van der Waals surface area contributed by atoms with Crippen molar-refractivity contribution in [1.82, 2.24) is 14.5 Å². The first-order chi connectivity index (χ1) is 14.1. The van der Waals surface area contributed by atoms with Crippen LogP contribution in [0.25, 0.3) is 10.2 Å². The molecule has 2 aromatic carbocycles. The van der Waals surface area contributed by atoms with Gasteiger partial charge in [0.1, 0.15) is 0 Å². The van der Waals surface area contributed by atoms with Gasteiger partial charge in [-0.3, -0.25) is 9.69 Å². The zero-order chi connectivity index (χ0) is 20.2. The van der Waals surface area contributed by atoms with Crippen LogP contribution in [0.1, 0.15) is 17.5 Å². The van der Waals surface area contributed by atoms with Gasteiger partial charge in [0.25, 0.3) is 0 Å². The van der Waals surface area contributed by atoms with Crippen LogP contribution < -0.4 is 4.90 Å². The fourth-order valence-electron chi connectivity index (χ4n) is 3.22. The minimum atomic E-state index is 0.0367. The van der Waals surface area contributed by atoms with Gasteiger partial charge in [-0.2, -0.15) is 0 Å². The number of imidazole rings is 1. The molecule has 0 fully saturated rings. The second-order valence-corrected chi connectivity index (χ2v) is 8.37. The largest absolute Gasteiger partial charge is 0.337 e. The van der Waals surface area contributed by atoms with Crippen LogP contribution in [-0.4, -0.2) is 27.0 Å². The van der Waals surface area contributed by atoms with E-state index in [1.807, 2.05) is 59.0 Å². The van der Waals surface area contributed by atoms with E-state index in [2.05, 4.69) is 11.1 Å². The molecular formula is C22H21ClN4OS. The molecule has 2 heterocycles. The van der Waals surface area contributed by atoms with E-state index < -0.39 is 0 Å². The van der Waals surface area contributed by atoms with Crippen molar-refractivity contribution >= 4 is 44.2 Å². The average Bonchev–Trinajstić information content (AvgIpc) is 3.37. The summed E-state index contributed by atoms with van der Waals surface area (Å²) in [5.41, 5.74) is 3.02. The Hall–Kier alpha value is -2.70. The summed E-state index contributed by atoms with van der Waals surface area (Å²) in [5.74, 6) is 0.0367. The van der Waals surface area contributed by atoms with E-state index in [1.54, 1.807) is 23.9 Å². The lowest BCUT2D eigenvalue weighted by atomic mass is 10.1. The van der Waals surface area contributed by atoms with Crippen LogP contribution in [-0.2, 0) is 17.8 Å². The van der Waals surface area contributed by atoms with Crippen molar-refractivity contribution in [2.75, 3.05) is 11.4 Å². The number of amides is 1. The van der Waals surface area contributed by atoms with Crippen LogP contribution in [0.15, 0.2) is 61.2 Å². The van der Waals surface area contributed by atoms with Crippen molar-refractivity contribution in [1.29, 1.82) is 0 Å². The highest BCUT2D eigenvalue weighted by molar-refractivity contribution is 7.22. The first-order valence-corrected chi connectivity index (χ1v) is 10.7. The Morgan fingerprint density at radius 3 is 2.76 bits per heavy atom. The topological polar surface area (TPSA) is 51.0 Å². The number of carbonyl (C=O) groups is 1. The lowest BCUT2D eigenvalue weighted by Gasteiger charge is -2.20. The number of rotatable bonds is 7. The summed E-state index contributed by atoms with van der Waals surface area (Å²) < 4.78 is 3.11. The van der Waals surface area contributed by atoms with Gasteiger partial charge in [0.05, 0.1) is 23.0 Å². The summed E-state index contributed by atoms with van der Waals surface area (Å²) in [6, 6.07) is 13.5. The molecule has 4 rings (SSSR count). The summed E-state index contributed by atoms with van der Waals surface area (Å²) in [6.45, 7) is 3.45. The van der Waals surface area contributed by atoms with Crippen molar-refractivity contribution in [3.05, 3.63) is 77.3 Å². The van der Waals surface area contributed by atoms with E-state index in [4.69, 9.17) is 16.6 Å². The van der Waals surface area contributed by atoms with Gasteiger partial charge >= 0.3 is 0 Å². The number of aromatic nitrogens is 3. The van der Waals surface area contributed by atoms with Gasteiger partial charge in [-0.1, -0.05) is 47.2 Å². The van der Waals surface area contributed by atoms with E-state index in [-0.39, 0.29) is 5.91 Å². The molecule has 0 saturated heterocycles. The third-order valence-corrected chi connectivity index (χ3v) is 6.06. The van der Waals surface area contributed by atoms with Gasteiger partial charge < -0.3 is 4.57 Å². The predicted molar refractivity (Wildman–Crippen MR) is 119 cm³/mol. The molecule has 0 N–H and O–H groups in total.